The maximum absolute atomic E-state index is 12.9. The van der Waals surface area contributed by atoms with Crippen molar-refractivity contribution in [2.75, 3.05) is 7.11 Å². The third-order valence-electron chi connectivity index (χ3n) is 4.88. The van der Waals surface area contributed by atoms with Crippen LogP contribution in [0.15, 0.2) is 66.7 Å². The molecular formula is C26H28O4. The van der Waals surface area contributed by atoms with E-state index < -0.39 is 0 Å². The van der Waals surface area contributed by atoms with Gasteiger partial charge in [0.15, 0.2) is 5.78 Å². The van der Waals surface area contributed by atoms with E-state index in [1.807, 2.05) is 80.6 Å². The maximum atomic E-state index is 12.9. The van der Waals surface area contributed by atoms with Crippen LogP contribution >= 0.6 is 0 Å². The molecule has 30 heavy (non-hydrogen) atoms. The first-order chi connectivity index (χ1) is 14.6. The fraction of sp³-hybridized carbons (Fsp3) is 0.269. The van der Waals surface area contributed by atoms with Crippen molar-refractivity contribution >= 4 is 5.78 Å². The maximum Gasteiger partial charge on any atom is 0.170 e. The molecule has 0 aliphatic carbocycles. The fourth-order valence-corrected chi connectivity index (χ4v) is 3.32. The number of carbonyl (C=O) groups is 1. The SMILES string of the molecule is CCCC(=O)c1c(OCc2ccccc2)cc(OCc2ccccc2)c(C)c1OC. The lowest BCUT2D eigenvalue weighted by molar-refractivity contribution is 0.0973. The van der Waals surface area contributed by atoms with E-state index in [-0.39, 0.29) is 5.78 Å². The second-order valence-electron chi connectivity index (χ2n) is 7.13. The monoisotopic (exact) mass is 404 g/mol. The van der Waals surface area contributed by atoms with Gasteiger partial charge in [-0.25, -0.2) is 0 Å². The molecule has 4 heteroatoms. The molecule has 0 bridgehead atoms. The van der Waals surface area contributed by atoms with Gasteiger partial charge in [0.05, 0.1) is 7.11 Å². The Bertz CT molecular complexity index is 965. The molecule has 3 rings (SSSR count). The topological polar surface area (TPSA) is 44.8 Å². The molecule has 0 amide bonds. The van der Waals surface area contributed by atoms with Crippen molar-refractivity contribution < 1.29 is 19.0 Å². The molecule has 3 aromatic rings. The predicted octanol–water partition coefficient (Wildman–Crippen LogP) is 6.14. The Morgan fingerprint density at radius 1 is 0.833 bits per heavy atom. The van der Waals surface area contributed by atoms with Crippen LogP contribution in [0.3, 0.4) is 0 Å². The van der Waals surface area contributed by atoms with Crippen LogP contribution < -0.4 is 14.2 Å². The molecule has 0 radical (unpaired) electrons. The zero-order valence-electron chi connectivity index (χ0n) is 17.8. The van der Waals surface area contributed by atoms with E-state index in [9.17, 15) is 4.79 Å². The van der Waals surface area contributed by atoms with E-state index in [1.165, 1.54) is 0 Å². The molecule has 3 aromatic carbocycles. The number of Topliss-reactive ketones (excluding diaryl/α,β-unsaturated/α-hetero) is 1. The van der Waals surface area contributed by atoms with Gasteiger partial charge >= 0.3 is 0 Å². The minimum atomic E-state index is 0.00937. The van der Waals surface area contributed by atoms with E-state index >= 15 is 0 Å². The summed E-state index contributed by atoms with van der Waals surface area (Å²) in [5.74, 6) is 1.66. The highest BCUT2D eigenvalue weighted by Crippen LogP contribution is 2.40. The van der Waals surface area contributed by atoms with Gasteiger partial charge in [-0.3, -0.25) is 4.79 Å². The highest BCUT2D eigenvalue weighted by atomic mass is 16.5. The molecule has 0 fully saturated rings. The molecule has 0 N–H and O–H groups in total. The first-order valence-electron chi connectivity index (χ1n) is 10.2. The molecule has 156 valence electrons. The van der Waals surface area contributed by atoms with Gasteiger partial charge in [0.2, 0.25) is 0 Å². The first kappa shape index (κ1) is 21.4. The number of benzene rings is 3. The van der Waals surface area contributed by atoms with Gasteiger partial charge in [0.25, 0.3) is 0 Å². The Kier molecular flexibility index (Phi) is 7.50. The van der Waals surface area contributed by atoms with E-state index in [0.29, 0.717) is 42.4 Å². The number of hydrogen-bond donors (Lipinski definition) is 0. The lowest BCUT2D eigenvalue weighted by Gasteiger charge is -2.20. The Morgan fingerprint density at radius 2 is 1.37 bits per heavy atom. The number of methoxy groups -OCH3 is 1. The molecular weight excluding hydrogens is 376 g/mol. The summed E-state index contributed by atoms with van der Waals surface area (Å²) in [5, 5.41) is 0. The smallest absolute Gasteiger partial charge is 0.170 e. The summed E-state index contributed by atoms with van der Waals surface area (Å²) in [6.45, 7) is 4.67. The van der Waals surface area contributed by atoms with Crippen molar-refractivity contribution in [3.8, 4) is 17.2 Å². The summed E-state index contributed by atoms with van der Waals surface area (Å²) in [5.41, 5.74) is 3.37. The summed E-state index contributed by atoms with van der Waals surface area (Å²) in [6, 6.07) is 21.6. The molecule has 0 spiro atoms. The molecule has 0 aliphatic rings. The van der Waals surface area contributed by atoms with Crippen molar-refractivity contribution in [2.45, 2.75) is 39.9 Å². The third kappa shape index (κ3) is 5.20. The van der Waals surface area contributed by atoms with E-state index in [4.69, 9.17) is 14.2 Å². The molecule has 0 saturated carbocycles. The second kappa shape index (κ2) is 10.5. The number of ether oxygens (including phenoxy) is 3. The van der Waals surface area contributed by atoms with E-state index in [1.54, 1.807) is 7.11 Å². The van der Waals surface area contributed by atoms with Crippen molar-refractivity contribution in [2.24, 2.45) is 0 Å². The van der Waals surface area contributed by atoms with Gasteiger partial charge in [-0.1, -0.05) is 67.6 Å². The van der Waals surface area contributed by atoms with Crippen molar-refractivity contribution in [3.63, 3.8) is 0 Å². The average Bonchev–Trinajstić information content (AvgIpc) is 2.78. The fourth-order valence-electron chi connectivity index (χ4n) is 3.32. The Balaban J connectivity index is 1.95. The largest absolute Gasteiger partial charge is 0.495 e. The molecule has 0 aromatic heterocycles. The van der Waals surface area contributed by atoms with Crippen LogP contribution in [0.2, 0.25) is 0 Å². The minimum Gasteiger partial charge on any atom is -0.495 e. The van der Waals surface area contributed by atoms with Crippen molar-refractivity contribution in [1.29, 1.82) is 0 Å². The molecule has 0 aliphatic heterocycles. The summed E-state index contributed by atoms with van der Waals surface area (Å²) in [7, 11) is 1.58. The summed E-state index contributed by atoms with van der Waals surface area (Å²) in [6.07, 6.45) is 1.19. The van der Waals surface area contributed by atoms with Crippen molar-refractivity contribution in [3.05, 3.63) is 89.0 Å². The highest BCUT2D eigenvalue weighted by molar-refractivity contribution is 6.02. The normalized spacial score (nSPS) is 10.5. The van der Waals surface area contributed by atoms with Gasteiger partial charge in [0.1, 0.15) is 36.0 Å². The minimum absolute atomic E-state index is 0.00937. The van der Waals surface area contributed by atoms with Crippen molar-refractivity contribution in [1.82, 2.24) is 0 Å². The van der Waals surface area contributed by atoms with Crippen LogP contribution in [0.5, 0.6) is 17.2 Å². The number of ketones is 1. The van der Waals surface area contributed by atoms with Crippen LogP contribution in [0.1, 0.15) is 46.8 Å². The Labute approximate surface area is 178 Å². The molecule has 0 saturated heterocycles. The number of rotatable bonds is 10. The second-order valence-corrected chi connectivity index (χ2v) is 7.13. The highest BCUT2D eigenvalue weighted by Gasteiger charge is 2.23. The molecule has 0 heterocycles. The summed E-state index contributed by atoms with van der Waals surface area (Å²) in [4.78, 5) is 12.9. The lowest BCUT2D eigenvalue weighted by atomic mass is 10.0. The van der Waals surface area contributed by atoms with Gasteiger partial charge in [-0.2, -0.15) is 0 Å². The Hall–Kier alpha value is -3.27. The van der Waals surface area contributed by atoms with Gasteiger partial charge in [0, 0.05) is 18.1 Å². The van der Waals surface area contributed by atoms with Gasteiger partial charge in [-0.05, 0) is 24.5 Å². The Morgan fingerprint density at radius 3 is 1.87 bits per heavy atom. The first-order valence-corrected chi connectivity index (χ1v) is 10.2. The third-order valence-corrected chi connectivity index (χ3v) is 4.88. The summed E-state index contributed by atoms with van der Waals surface area (Å²) >= 11 is 0. The number of hydrogen-bond acceptors (Lipinski definition) is 4. The van der Waals surface area contributed by atoms with Crippen LogP contribution in [0, 0.1) is 6.92 Å². The molecule has 4 nitrogen and oxygen atoms in total. The van der Waals surface area contributed by atoms with Crippen LogP contribution in [0.4, 0.5) is 0 Å². The van der Waals surface area contributed by atoms with Crippen LogP contribution in [-0.4, -0.2) is 12.9 Å². The van der Waals surface area contributed by atoms with Crippen LogP contribution in [-0.2, 0) is 13.2 Å². The summed E-state index contributed by atoms with van der Waals surface area (Å²) < 4.78 is 17.8. The van der Waals surface area contributed by atoms with E-state index in [0.717, 1.165) is 23.1 Å². The standard InChI is InChI=1S/C26H28O4/c1-4-11-22(27)25-24(30-18-21-14-9-6-10-15-21)16-23(19(2)26(25)28-3)29-17-20-12-7-5-8-13-20/h5-10,12-16H,4,11,17-18H2,1-3H3. The zero-order valence-corrected chi connectivity index (χ0v) is 17.8. The van der Waals surface area contributed by atoms with Crippen LogP contribution in [0.25, 0.3) is 0 Å². The zero-order chi connectivity index (χ0) is 21.3. The van der Waals surface area contributed by atoms with E-state index in [2.05, 4.69) is 0 Å². The lowest BCUT2D eigenvalue weighted by Crippen LogP contribution is -2.09. The quantitative estimate of drug-likeness (QED) is 0.381. The van der Waals surface area contributed by atoms with Gasteiger partial charge < -0.3 is 14.2 Å². The molecule has 0 unspecified atom stereocenters. The van der Waals surface area contributed by atoms with Gasteiger partial charge in [-0.15, -0.1) is 0 Å². The number of carbonyl (C=O) groups excluding carboxylic acids is 1. The predicted molar refractivity (Wildman–Crippen MR) is 119 cm³/mol. The molecule has 0 atom stereocenters. The average molecular weight is 405 g/mol.